The normalized spacial score (nSPS) is 12.1. The van der Waals surface area contributed by atoms with Gasteiger partial charge in [0.25, 0.3) is 0 Å². The van der Waals surface area contributed by atoms with Crippen molar-refractivity contribution in [1.29, 1.82) is 0 Å². The zero-order valence-electron chi connectivity index (χ0n) is 15.0. The van der Waals surface area contributed by atoms with Gasteiger partial charge in [0.05, 0.1) is 30.3 Å². The van der Waals surface area contributed by atoms with E-state index in [1.54, 1.807) is 12.1 Å². The molecular formula is C18H19ClN2O5S. The largest absolute Gasteiger partial charge is 0.465 e. The van der Waals surface area contributed by atoms with Crippen molar-refractivity contribution in [2.24, 2.45) is 0 Å². The molecule has 0 aliphatic carbocycles. The molecule has 1 atom stereocenters. The van der Waals surface area contributed by atoms with Crippen molar-refractivity contribution in [2.45, 2.75) is 13.0 Å². The molecule has 0 fully saturated rings. The third-order valence-electron chi connectivity index (χ3n) is 3.76. The minimum Gasteiger partial charge on any atom is -0.465 e. The number of ether oxygens (including phenoxy) is 1. The van der Waals surface area contributed by atoms with Crippen LogP contribution in [0.3, 0.4) is 0 Å². The second-order valence-corrected chi connectivity index (χ2v) is 8.03. The molecular weight excluding hydrogens is 392 g/mol. The van der Waals surface area contributed by atoms with Gasteiger partial charge in [0, 0.05) is 5.02 Å². The number of nitrogens with zero attached hydrogens (tertiary/aromatic N) is 1. The molecule has 0 heterocycles. The Morgan fingerprint density at radius 2 is 1.70 bits per heavy atom. The third kappa shape index (κ3) is 4.99. The van der Waals surface area contributed by atoms with Crippen LogP contribution in [0.2, 0.25) is 5.02 Å². The second-order valence-electron chi connectivity index (χ2n) is 5.74. The molecule has 0 aliphatic rings. The molecule has 9 heteroatoms. The summed E-state index contributed by atoms with van der Waals surface area (Å²) in [5, 5.41) is 3.03. The van der Waals surface area contributed by atoms with Gasteiger partial charge in [-0.3, -0.25) is 9.10 Å². The second kappa shape index (κ2) is 8.41. The highest BCUT2D eigenvalue weighted by molar-refractivity contribution is 7.92. The van der Waals surface area contributed by atoms with Crippen molar-refractivity contribution < 1.29 is 22.7 Å². The van der Waals surface area contributed by atoms with Crippen LogP contribution >= 0.6 is 11.6 Å². The number of amides is 1. The molecule has 1 amide bonds. The number of nitrogens with one attached hydrogen (secondary N) is 1. The van der Waals surface area contributed by atoms with E-state index in [-0.39, 0.29) is 11.3 Å². The molecule has 0 unspecified atom stereocenters. The van der Waals surface area contributed by atoms with Crippen LogP contribution in [0.25, 0.3) is 0 Å². The molecule has 2 aromatic rings. The van der Waals surface area contributed by atoms with Gasteiger partial charge in [-0.15, -0.1) is 0 Å². The van der Waals surface area contributed by atoms with Crippen LogP contribution in [-0.2, 0) is 19.6 Å². The van der Waals surface area contributed by atoms with Crippen LogP contribution in [0, 0.1) is 0 Å². The SMILES string of the molecule is COC(=O)c1ccccc1NC(=O)[C@@H](C)N(c1ccc(Cl)cc1)S(C)(=O)=O. The van der Waals surface area contributed by atoms with Crippen LogP contribution in [0.5, 0.6) is 0 Å². The Kier molecular flexibility index (Phi) is 6.45. The lowest BCUT2D eigenvalue weighted by Crippen LogP contribution is -2.45. The average Bonchev–Trinajstić information content (AvgIpc) is 2.62. The van der Waals surface area contributed by atoms with Crippen molar-refractivity contribution in [3.63, 3.8) is 0 Å². The summed E-state index contributed by atoms with van der Waals surface area (Å²) < 4.78 is 30.2. The Bertz CT molecular complexity index is 944. The Morgan fingerprint density at radius 1 is 1.11 bits per heavy atom. The quantitative estimate of drug-likeness (QED) is 0.739. The Hall–Kier alpha value is -2.58. The molecule has 0 aromatic heterocycles. The molecule has 0 radical (unpaired) electrons. The maximum Gasteiger partial charge on any atom is 0.339 e. The fourth-order valence-electron chi connectivity index (χ4n) is 2.51. The maximum absolute atomic E-state index is 12.7. The standard InChI is InChI=1S/C18H19ClN2O5S/c1-12(21(27(3,24)25)14-10-8-13(19)9-11-14)17(22)20-16-7-5-4-6-15(16)18(23)26-2/h4-12H,1-3H3,(H,20,22)/t12-/m1/s1. The van der Waals surface area contributed by atoms with Gasteiger partial charge < -0.3 is 10.1 Å². The number of anilines is 2. The Morgan fingerprint density at radius 3 is 2.26 bits per heavy atom. The van der Waals surface area contributed by atoms with Crippen molar-refractivity contribution in [3.05, 3.63) is 59.1 Å². The van der Waals surface area contributed by atoms with Gasteiger partial charge >= 0.3 is 5.97 Å². The number of methoxy groups -OCH3 is 1. The number of benzene rings is 2. The molecule has 0 aliphatic heterocycles. The maximum atomic E-state index is 12.7. The van der Waals surface area contributed by atoms with Gasteiger partial charge in [-0.1, -0.05) is 23.7 Å². The van der Waals surface area contributed by atoms with E-state index in [1.807, 2.05) is 0 Å². The molecule has 0 bridgehead atoms. The van der Waals surface area contributed by atoms with Crippen LogP contribution in [-0.4, -0.2) is 39.7 Å². The predicted molar refractivity (Wildman–Crippen MR) is 105 cm³/mol. The first-order chi connectivity index (χ1) is 12.6. The van der Waals surface area contributed by atoms with Gasteiger partial charge in [0.15, 0.2) is 0 Å². The van der Waals surface area contributed by atoms with E-state index in [0.717, 1.165) is 10.6 Å². The number of hydrogen-bond acceptors (Lipinski definition) is 5. The molecule has 27 heavy (non-hydrogen) atoms. The summed E-state index contributed by atoms with van der Waals surface area (Å²) in [5.74, 6) is -1.22. The number of carbonyl (C=O) groups is 2. The fourth-order valence-corrected chi connectivity index (χ4v) is 3.81. The van der Waals surface area contributed by atoms with Gasteiger partial charge in [-0.2, -0.15) is 0 Å². The Balaban J connectivity index is 2.34. The first-order valence-electron chi connectivity index (χ1n) is 7.88. The summed E-state index contributed by atoms with van der Waals surface area (Å²) in [5.41, 5.74) is 0.689. The number of esters is 1. The molecule has 7 nitrogen and oxygen atoms in total. The number of sulfonamides is 1. The summed E-state index contributed by atoms with van der Waals surface area (Å²) in [6.07, 6.45) is 1.01. The van der Waals surface area contributed by atoms with E-state index in [4.69, 9.17) is 16.3 Å². The summed E-state index contributed by atoms with van der Waals surface area (Å²) >= 11 is 5.85. The number of rotatable bonds is 6. The van der Waals surface area contributed by atoms with E-state index in [0.29, 0.717) is 10.7 Å². The summed E-state index contributed by atoms with van der Waals surface area (Å²) in [4.78, 5) is 24.5. The molecule has 1 N–H and O–H groups in total. The van der Waals surface area contributed by atoms with Crippen molar-refractivity contribution in [2.75, 3.05) is 23.0 Å². The molecule has 144 valence electrons. The van der Waals surface area contributed by atoms with E-state index >= 15 is 0 Å². The Labute approximate surface area is 162 Å². The third-order valence-corrected chi connectivity index (χ3v) is 5.25. The van der Waals surface area contributed by atoms with Crippen LogP contribution < -0.4 is 9.62 Å². The predicted octanol–water partition coefficient (Wildman–Crippen LogP) is 2.92. The van der Waals surface area contributed by atoms with Crippen LogP contribution in [0.1, 0.15) is 17.3 Å². The first kappa shape index (κ1) is 20.7. The fraction of sp³-hybridized carbons (Fsp3) is 0.222. The summed E-state index contributed by atoms with van der Waals surface area (Å²) in [6, 6.07) is 11.3. The lowest BCUT2D eigenvalue weighted by atomic mass is 10.1. The molecule has 2 rings (SSSR count). The highest BCUT2D eigenvalue weighted by atomic mass is 35.5. The summed E-state index contributed by atoms with van der Waals surface area (Å²) in [7, 11) is -2.53. The van der Waals surface area contributed by atoms with Crippen LogP contribution in [0.15, 0.2) is 48.5 Å². The van der Waals surface area contributed by atoms with Gasteiger partial charge in [0.2, 0.25) is 15.9 Å². The van der Waals surface area contributed by atoms with Crippen molar-refractivity contribution in [1.82, 2.24) is 0 Å². The molecule has 0 saturated carbocycles. The number of halogens is 1. The van der Waals surface area contributed by atoms with E-state index < -0.39 is 27.9 Å². The molecule has 0 spiro atoms. The average molecular weight is 411 g/mol. The van der Waals surface area contributed by atoms with Gasteiger partial charge in [0.1, 0.15) is 6.04 Å². The molecule has 2 aromatic carbocycles. The number of carbonyl (C=O) groups excluding carboxylic acids is 2. The monoisotopic (exact) mass is 410 g/mol. The van der Waals surface area contributed by atoms with Gasteiger partial charge in [-0.25, -0.2) is 13.2 Å². The van der Waals surface area contributed by atoms with E-state index in [9.17, 15) is 18.0 Å². The zero-order chi connectivity index (χ0) is 20.2. The highest BCUT2D eigenvalue weighted by Gasteiger charge is 2.29. The lowest BCUT2D eigenvalue weighted by Gasteiger charge is -2.28. The van der Waals surface area contributed by atoms with Crippen LogP contribution in [0.4, 0.5) is 11.4 Å². The minimum atomic E-state index is -3.76. The van der Waals surface area contributed by atoms with Crippen molar-refractivity contribution in [3.8, 4) is 0 Å². The zero-order valence-corrected chi connectivity index (χ0v) is 16.5. The summed E-state index contributed by atoms with van der Waals surface area (Å²) in [6.45, 7) is 1.45. The lowest BCUT2D eigenvalue weighted by molar-refractivity contribution is -0.116. The first-order valence-corrected chi connectivity index (χ1v) is 10.1. The van der Waals surface area contributed by atoms with Crippen molar-refractivity contribution >= 4 is 44.9 Å². The smallest absolute Gasteiger partial charge is 0.339 e. The topological polar surface area (TPSA) is 92.8 Å². The van der Waals surface area contributed by atoms with E-state index in [1.165, 1.54) is 50.4 Å². The highest BCUT2D eigenvalue weighted by Crippen LogP contribution is 2.24. The minimum absolute atomic E-state index is 0.165. The van der Waals surface area contributed by atoms with Gasteiger partial charge in [-0.05, 0) is 43.3 Å². The van der Waals surface area contributed by atoms with E-state index in [2.05, 4.69) is 5.32 Å². The molecule has 0 saturated heterocycles. The number of para-hydroxylation sites is 1. The number of hydrogen-bond donors (Lipinski definition) is 1.